The lowest BCUT2D eigenvalue weighted by Gasteiger charge is -2.25. The Bertz CT molecular complexity index is 429. The van der Waals surface area contributed by atoms with Gasteiger partial charge in [0, 0.05) is 10.6 Å². The summed E-state index contributed by atoms with van der Waals surface area (Å²) in [6, 6.07) is 8.53. The fourth-order valence-corrected chi connectivity index (χ4v) is 2.67. The third-order valence-electron chi connectivity index (χ3n) is 2.72. The molecule has 1 heterocycles. The lowest BCUT2D eigenvalue weighted by atomic mass is 10.3. The van der Waals surface area contributed by atoms with E-state index in [-0.39, 0.29) is 6.10 Å². The van der Waals surface area contributed by atoms with Gasteiger partial charge in [-0.25, -0.2) is 0 Å². The van der Waals surface area contributed by atoms with E-state index in [0.717, 1.165) is 11.5 Å². The first-order valence-corrected chi connectivity index (χ1v) is 6.53. The average molecular weight is 234 g/mol. The maximum Gasteiger partial charge on any atom is 0.164 e. The van der Waals surface area contributed by atoms with Crippen LogP contribution in [0.5, 0.6) is 5.75 Å². The first-order valence-electron chi connectivity index (χ1n) is 5.54. The zero-order chi connectivity index (χ0) is 11.0. The van der Waals surface area contributed by atoms with Gasteiger partial charge in [0.1, 0.15) is 11.6 Å². The second-order valence-corrected chi connectivity index (χ2v) is 5.21. The van der Waals surface area contributed by atoms with E-state index in [1.165, 1.54) is 17.7 Å². The molecule has 1 atom stereocenters. The van der Waals surface area contributed by atoms with Crippen LogP contribution in [0.4, 0.5) is 0 Å². The molecule has 0 bridgehead atoms. The third-order valence-corrected chi connectivity index (χ3v) is 3.83. The molecule has 0 amide bonds. The number of hydrogen-bond donors (Lipinski definition) is 1. The van der Waals surface area contributed by atoms with Crippen LogP contribution in [0.2, 0.25) is 0 Å². The second kappa shape index (κ2) is 4.01. The molecule has 3 rings (SSSR count). The van der Waals surface area contributed by atoms with Gasteiger partial charge in [-0.2, -0.15) is 0 Å². The Morgan fingerprint density at radius 2 is 2.19 bits per heavy atom. The Labute approximate surface area is 99.1 Å². The lowest BCUT2D eigenvalue weighted by molar-refractivity contribution is 0.277. The molecule has 0 radical (unpaired) electrons. The highest BCUT2D eigenvalue weighted by molar-refractivity contribution is 7.99. The maximum atomic E-state index is 5.96. The molecule has 0 spiro atoms. The van der Waals surface area contributed by atoms with Crippen molar-refractivity contribution in [1.29, 1.82) is 0 Å². The number of amidine groups is 1. The van der Waals surface area contributed by atoms with Crippen LogP contribution in [0.1, 0.15) is 12.8 Å². The first kappa shape index (κ1) is 10.0. The van der Waals surface area contributed by atoms with Crippen LogP contribution in [-0.2, 0) is 0 Å². The van der Waals surface area contributed by atoms with Gasteiger partial charge in [0.15, 0.2) is 6.10 Å². The molecule has 1 fully saturated rings. The topological polar surface area (TPSA) is 47.6 Å². The first-order chi connectivity index (χ1) is 7.83. The summed E-state index contributed by atoms with van der Waals surface area (Å²) in [6.45, 7) is 0. The minimum absolute atomic E-state index is 0.0551. The summed E-state index contributed by atoms with van der Waals surface area (Å²) in [5.41, 5.74) is 5.96. The number of fused-ring (bicyclic) bond motifs is 1. The highest BCUT2D eigenvalue weighted by Gasteiger charge is 2.26. The Balaban J connectivity index is 1.76. The third kappa shape index (κ3) is 2.02. The molecular weight excluding hydrogens is 220 g/mol. The van der Waals surface area contributed by atoms with Crippen LogP contribution in [0.3, 0.4) is 0 Å². The monoisotopic (exact) mass is 234 g/mol. The number of thioether (sulfide) groups is 1. The Morgan fingerprint density at radius 1 is 1.38 bits per heavy atom. The van der Waals surface area contributed by atoms with Crippen molar-refractivity contribution in [3.05, 3.63) is 24.3 Å². The summed E-state index contributed by atoms with van der Waals surface area (Å²) >= 11 is 1.79. The van der Waals surface area contributed by atoms with E-state index >= 15 is 0 Å². The smallest absolute Gasteiger partial charge is 0.164 e. The van der Waals surface area contributed by atoms with Crippen molar-refractivity contribution in [3.8, 4) is 5.75 Å². The molecule has 1 unspecified atom stereocenters. The molecule has 3 nitrogen and oxygen atoms in total. The number of hydrogen-bond acceptors (Lipinski definition) is 3. The molecule has 16 heavy (non-hydrogen) atoms. The minimum atomic E-state index is -0.0551. The van der Waals surface area contributed by atoms with Gasteiger partial charge in [-0.3, -0.25) is 4.99 Å². The van der Waals surface area contributed by atoms with Crippen molar-refractivity contribution >= 4 is 17.6 Å². The van der Waals surface area contributed by atoms with Gasteiger partial charge in [0.2, 0.25) is 0 Å². The van der Waals surface area contributed by atoms with E-state index in [1.54, 1.807) is 11.8 Å². The molecule has 1 aromatic rings. The van der Waals surface area contributed by atoms with E-state index < -0.39 is 0 Å². The molecular formula is C12H14N2OS. The van der Waals surface area contributed by atoms with Gasteiger partial charge in [0.05, 0.1) is 6.04 Å². The van der Waals surface area contributed by atoms with Crippen molar-refractivity contribution < 1.29 is 4.74 Å². The predicted molar refractivity (Wildman–Crippen MR) is 66.2 cm³/mol. The molecule has 0 saturated heterocycles. The van der Waals surface area contributed by atoms with Crippen molar-refractivity contribution in [2.45, 2.75) is 29.9 Å². The molecule has 84 valence electrons. The molecule has 2 aliphatic rings. The average Bonchev–Trinajstić information content (AvgIpc) is 3.12. The van der Waals surface area contributed by atoms with E-state index in [9.17, 15) is 0 Å². The highest BCUT2D eigenvalue weighted by Crippen LogP contribution is 2.35. The summed E-state index contributed by atoms with van der Waals surface area (Å²) < 4.78 is 5.85. The molecule has 2 N–H and O–H groups in total. The van der Waals surface area contributed by atoms with Crippen LogP contribution < -0.4 is 10.5 Å². The zero-order valence-electron chi connectivity index (χ0n) is 8.93. The molecule has 4 heteroatoms. The highest BCUT2D eigenvalue weighted by atomic mass is 32.2. The van der Waals surface area contributed by atoms with Crippen LogP contribution in [0.25, 0.3) is 0 Å². The molecule has 1 aliphatic heterocycles. The largest absolute Gasteiger partial charge is 0.480 e. The van der Waals surface area contributed by atoms with Gasteiger partial charge in [0.25, 0.3) is 0 Å². The van der Waals surface area contributed by atoms with Gasteiger partial charge in [-0.1, -0.05) is 12.1 Å². The van der Waals surface area contributed by atoms with Crippen LogP contribution >= 0.6 is 11.8 Å². The normalized spacial score (nSPS) is 24.8. The molecule has 0 aromatic heterocycles. The summed E-state index contributed by atoms with van der Waals surface area (Å²) in [7, 11) is 0. The van der Waals surface area contributed by atoms with E-state index in [4.69, 9.17) is 10.5 Å². The van der Waals surface area contributed by atoms with Crippen molar-refractivity contribution in [2.75, 3.05) is 5.75 Å². The van der Waals surface area contributed by atoms with Crippen molar-refractivity contribution in [2.24, 2.45) is 10.7 Å². The number of nitrogens with zero attached hydrogens (tertiary/aromatic N) is 1. The summed E-state index contributed by atoms with van der Waals surface area (Å²) in [4.78, 5) is 5.63. The van der Waals surface area contributed by atoms with Gasteiger partial charge >= 0.3 is 0 Å². The number of nitrogens with two attached hydrogens (primary N) is 1. The van der Waals surface area contributed by atoms with Crippen LogP contribution in [0.15, 0.2) is 34.2 Å². The van der Waals surface area contributed by atoms with Gasteiger partial charge < -0.3 is 10.5 Å². The summed E-state index contributed by atoms with van der Waals surface area (Å²) in [5.74, 6) is 2.45. The van der Waals surface area contributed by atoms with Gasteiger partial charge in [-0.05, 0) is 25.0 Å². The molecule has 1 aromatic carbocycles. The van der Waals surface area contributed by atoms with E-state index in [1.807, 2.05) is 18.2 Å². The number of ether oxygens (including phenoxy) is 1. The Hall–Kier alpha value is -1.16. The maximum absolute atomic E-state index is 5.96. The number of rotatable bonds is 2. The summed E-state index contributed by atoms with van der Waals surface area (Å²) in [6.07, 6.45) is 2.30. The molecule has 1 saturated carbocycles. The zero-order valence-corrected chi connectivity index (χ0v) is 9.74. The number of benzene rings is 1. The number of para-hydroxylation sites is 1. The fraction of sp³-hybridized carbons (Fsp3) is 0.417. The summed E-state index contributed by atoms with van der Waals surface area (Å²) in [5, 5.41) is 0. The van der Waals surface area contributed by atoms with Gasteiger partial charge in [-0.15, -0.1) is 11.8 Å². The quantitative estimate of drug-likeness (QED) is 0.629. The molecule has 1 aliphatic carbocycles. The lowest BCUT2D eigenvalue weighted by Crippen LogP contribution is -2.38. The van der Waals surface area contributed by atoms with E-state index in [0.29, 0.717) is 11.9 Å². The predicted octanol–water partition coefficient (Wildman–Crippen LogP) is 2.06. The van der Waals surface area contributed by atoms with Crippen molar-refractivity contribution in [3.63, 3.8) is 0 Å². The van der Waals surface area contributed by atoms with Crippen LogP contribution in [0, 0.1) is 0 Å². The van der Waals surface area contributed by atoms with E-state index in [2.05, 4.69) is 11.1 Å². The van der Waals surface area contributed by atoms with Crippen molar-refractivity contribution in [1.82, 2.24) is 0 Å². The second-order valence-electron chi connectivity index (χ2n) is 4.15. The Morgan fingerprint density at radius 3 is 3.00 bits per heavy atom. The Kier molecular flexibility index (Phi) is 2.52. The SMILES string of the molecule is NC(=NC1CC1)C1CSc2ccccc2O1. The minimum Gasteiger partial charge on any atom is -0.480 e. The number of aliphatic imine (C=N–C) groups is 1. The fourth-order valence-electron chi connectivity index (χ4n) is 1.66. The standard InChI is InChI=1S/C12H14N2OS/c13-12(14-8-5-6-8)10-7-16-11-4-2-1-3-9(11)15-10/h1-4,8,10H,5-7H2,(H2,13,14). The van der Waals surface area contributed by atoms with Crippen LogP contribution in [-0.4, -0.2) is 23.7 Å².